The number of hydrogen-bond acceptors (Lipinski definition) is 4. The number of sulfone groups is 1. The summed E-state index contributed by atoms with van der Waals surface area (Å²) in [5.74, 6) is 0. The third-order valence-electron chi connectivity index (χ3n) is 3.74. The zero-order valence-electron chi connectivity index (χ0n) is 12.2. The molecule has 0 saturated carbocycles. The van der Waals surface area contributed by atoms with Crippen LogP contribution in [0.2, 0.25) is 0 Å². The van der Waals surface area contributed by atoms with E-state index in [-0.39, 0.29) is 12.4 Å². The highest BCUT2D eigenvalue weighted by Gasteiger charge is 2.21. The molecule has 0 amide bonds. The third-order valence-corrected chi connectivity index (χ3v) is 4.87. The molecule has 2 unspecified atom stereocenters. The first-order valence-electron chi connectivity index (χ1n) is 6.65. The van der Waals surface area contributed by atoms with Crippen LogP contribution in [0.4, 0.5) is 0 Å². The van der Waals surface area contributed by atoms with E-state index in [1.54, 1.807) is 12.1 Å². The molecular formula is C14H23ClN2O2S. The summed E-state index contributed by atoms with van der Waals surface area (Å²) in [5.41, 5.74) is 1.17. The lowest BCUT2D eigenvalue weighted by Crippen LogP contribution is -2.49. The zero-order chi connectivity index (χ0) is 14.0. The maximum atomic E-state index is 11.4. The van der Waals surface area contributed by atoms with Gasteiger partial charge < -0.3 is 5.32 Å². The monoisotopic (exact) mass is 318 g/mol. The summed E-state index contributed by atoms with van der Waals surface area (Å²) in [7, 11) is -3.10. The average Bonchev–Trinajstić information content (AvgIpc) is 2.37. The molecule has 20 heavy (non-hydrogen) atoms. The van der Waals surface area contributed by atoms with Crippen molar-refractivity contribution in [1.29, 1.82) is 0 Å². The number of hydrogen-bond donors (Lipinski definition) is 1. The molecule has 1 aromatic carbocycles. The molecule has 1 aliphatic heterocycles. The van der Waals surface area contributed by atoms with Gasteiger partial charge in [0.2, 0.25) is 0 Å². The van der Waals surface area contributed by atoms with Crippen LogP contribution in [0.15, 0.2) is 29.2 Å². The van der Waals surface area contributed by atoms with E-state index in [9.17, 15) is 8.42 Å². The summed E-state index contributed by atoms with van der Waals surface area (Å²) < 4.78 is 22.9. The van der Waals surface area contributed by atoms with E-state index in [0.29, 0.717) is 17.0 Å². The van der Waals surface area contributed by atoms with E-state index in [2.05, 4.69) is 24.1 Å². The fraction of sp³-hybridized carbons (Fsp3) is 0.571. The third kappa shape index (κ3) is 4.19. The SMILES string of the molecule is CC1CN(C(C)c2ccc(S(C)(=O)=O)cc2)CCN1.Cl. The fourth-order valence-electron chi connectivity index (χ4n) is 2.52. The van der Waals surface area contributed by atoms with Crippen LogP contribution in [0.25, 0.3) is 0 Å². The Morgan fingerprint density at radius 1 is 1.30 bits per heavy atom. The molecule has 0 spiro atoms. The van der Waals surface area contributed by atoms with Gasteiger partial charge in [0.1, 0.15) is 0 Å². The molecule has 6 heteroatoms. The van der Waals surface area contributed by atoms with Crippen molar-refractivity contribution in [2.45, 2.75) is 30.8 Å². The van der Waals surface area contributed by atoms with Crippen molar-refractivity contribution in [1.82, 2.24) is 10.2 Å². The highest BCUT2D eigenvalue weighted by Crippen LogP contribution is 2.22. The lowest BCUT2D eigenvalue weighted by molar-refractivity contribution is 0.158. The van der Waals surface area contributed by atoms with Gasteiger partial charge in [-0.15, -0.1) is 12.4 Å². The number of halogens is 1. The highest BCUT2D eigenvalue weighted by molar-refractivity contribution is 7.90. The summed E-state index contributed by atoms with van der Waals surface area (Å²) >= 11 is 0. The van der Waals surface area contributed by atoms with Gasteiger partial charge in [-0.1, -0.05) is 12.1 Å². The normalized spacial score (nSPS) is 22.1. The fourth-order valence-corrected chi connectivity index (χ4v) is 3.15. The van der Waals surface area contributed by atoms with Crippen molar-refractivity contribution < 1.29 is 8.42 Å². The van der Waals surface area contributed by atoms with E-state index in [1.165, 1.54) is 11.8 Å². The summed E-state index contributed by atoms with van der Waals surface area (Å²) in [5, 5.41) is 3.43. The molecule has 1 aliphatic rings. The van der Waals surface area contributed by atoms with Crippen molar-refractivity contribution in [3.63, 3.8) is 0 Å². The van der Waals surface area contributed by atoms with Crippen LogP contribution in [0.5, 0.6) is 0 Å². The predicted octanol–water partition coefficient (Wildman–Crippen LogP) is 1.87. The first-order chi connectivity index (χ1) is 8.88. The Hall–Kier alpha value is -0.620. The van der Waals surface area contributed by atoms with Crippen molar-refractivity contribution in [2.75, 3.05) is 25.9 Å². The molecule has 1 N–H and O–H groups in total. The Labute approximate surface area is 127 Å². The minimum absolute atomic E-state index is 0. The van der Waals surface area contributed by atoms with Crippen molar-refractivity contribution in [2.24, 2.45) is 0 Å². The van der Waals surface area contributed by atoms with Gasteiger partial charge in [0.05, 0.1) is 4.90 Å². The Bertz CT molecular complexity index is 531. The molecule has 2 atom stereocenters. The van der Waals surface area contributed by atoms with Gasteiger partial charge in [-0.25, -0.2) is 8.42 Å². The average molecular weight is 319 g/mol. The number of nitrogens with zero attached hydrogens (tertiary/aromatic N) is 1. The second kappa shape index (κ2) is 6.89. The van der Waals surface area contributed by atoms with Crippen LogP contribution in [-0.4, -0.2) is 45.2 Å². The topological polar surface area (TPSA) is 49.4 Å². The number of benzene rings is 1. The molecule has 2 rings (SSSR count). The van der Waals surface area contributed by atoms with Crippen molar-refractivity contribution in [3.8, 4) is 0 Å². The van der Waals surface area contributed by atoms with Gasteiger partial charge in [-0.05, 0) is 31.5 Å². The van der Waals surface area contributed by atoms with Crippen LogP contribution in [0, 0.1) is 0 Å². The van der Waals surface area contributed by atoms with E-state index in [1.807, 2.05) is 12.1 Å². The predicted molar refractivity (Wildman–Crippen MR) is 84.3 cm³/mol. The maximum absolute atomic E-state index is 11.4. The quantitative estimate of drug-likeness (QED) is 0.924. The molecule has 1 aromatic rings. The van der Waals surface area contributed by atoms with Crippen LogP contribution >= 0.6 is 12.4 Å². The van der Waals surface area contributed by atoms with Gasteiger partial charge in [-0.3, -0.25) is 4.90 Å². The molecule has 1 saturated heterocycles. The molecule has 0 radical (unpaired) electrons. The van der Waals surface area contributed by atoms with Gasteiger partial charge in [0.25, 0.3) is 0 Å². The first-order valence-corrected chi connectivity index (χ1v) is 8.54. The zero-order valence-corrected chi connectivity index (χ0v) is 13.8. The maximum Gasteiger partial charge on any atom is 0.175 e. The lowest BCUT2D eigenvalue weighted by atomic mass is 10.1. The first kappa shape index (κ1) is 17.4. The van der Waals surface area contributed by atoms with E-state index in [0.717, 1.165) is 19.6 Å². The molecule has 1 fully saturated rings. The van der Waals surface area contributed by atoms with E-state index < -0.39 is 9.84 Å². The van der Waals surface area contributed by atoms with Crippen LogP contribution < -0.4 is 5.32 Å². The molecular weight excluding hydrogens is 296 g/mol. The van der Waals surface area contributed by atoms with Crippen LogP contribution in [0.3, 0.4) is 0 Å². The summed E-state index contributed by atoms with van der Waals surface area (Å²) in [6.07, 6.45) is 1.24. The minimum atomic E-state index is -3.10. The van der Waals surface area contributed by atoms with Crippen LogP contribution in [-0.2, 0) is 9.84 Å². The molecule has 4 nitrogen and oxygen atoms in total. The summed E-state index contributed by atoms with van der Waals surface area (Å²) in [4.78, 5) is 2.81. The molecule has 1 heterocycles. The Kier molecular flexibility index (Phi) is 6.01. The summed E-state index contributed by atoms with van der Waals surface area (Å²) in [6, 6.07) is 8.07. The number of nitrogens with one attached hydrogen (secondary N) is 1. The van der Waals surface area contributed by atoms with Crippen molar-refractivity contribution in [3.05, 3.63) is 29.8 Å². The lowest BCUT2D eigenvalue weighted by Gasteiger charge is -2.36. The minimum Gasteiger partial charge on any atom is -0.312 e. The summed E-state index contributed by atoms with van der Waals surface area (Å²) in [6.45, 7) is 7.42. The Morgan fingerprint density at radius 2 is 1.90 bits per heavy atom. The smallest absolute Gasteiger partial charge is 0.175 e. The van der Waals surface area contributed by atoms with Crippen LogP contribution in [0.1, 0.15) is 25.5 Å². The van der Waals surface area contributed by atoms with Gasteiger partial charge in [-0.2, -0.15) is 0 Å². The van der Waals surface area contributed by atoms with Gasteiger partial charge in [0, 0.05) is 38.0 Å². The van der Waals surface area contributed by atoms with E-state index >= 15 is 0 Å². The number of piperazine rings is 1. The second-order valence-electron chi connectivity index (χ2n) is 5.37. The highest BCUT2D eigenvalue weighted by atomic mass is 35.5. The molecule has 0 aromatic heterocycles. The molecule has 0 aliphatic carbocycles. The van der Waals surface area contributed by atoms with Crippen molar-refractivity contribution >= 4 is 22.2 Å². The Morgan fingerprint density at radius 3 is 2.40 bits per heavy atom. The molecule has 0 bridgehead atoms. The van der Waals surface area contributed by atoms with Gasteiger partial charge >= 0.3 is 0 Å². The van der Waals surface area contributed by atoms with E-state index in [4.69, 9.17) is 0 Å². The standard InChI is InChI=1S/C14H22N2O2S.ClH/c1-11-10-16(9-8-15-11)12(2)13-4-6-14(7-5-13)19(3,17)18;/h4-7,11-12,15H,8-10H2,1-3H3;1H. The second-order valence-corrected chi connectivity index (χ2v) is 7.38. The largest absolute Gasteiger partial charge is 0.312 e. The van der Waals surface area contributed by atoms with Gasteiger partial charge in [0.15, 0.2) is 9.84 Å². The Balaban J connectivity index is 0.00000200. The molecule has 114 valence electrons. The number of rotatable bonds is 3.